The van der Waals surface area contributed by atoms with Crippen molar-refractivity contribution in [2.24, 2.45) is 0 Å². The molecular formula is C12H14ClN3O3. The lowest BCUT2D eigenvalue weighted by atomic mass is 10.1. The molecule has 2 N–H and O–H groups in total. The molecule has 0 aliphatic carbocycles. The summed E-state index contributed by atoms with van der Waals surface area (Å²) >= 11 is 5.67. The Hall–Kier alpha value is -1.66. The fraction of sp³-hybridized carbons (Fsp3) is 0.417. The van der Waals surface area contributed by atoms with E-state index in [9.17, 15) is 14.7 Å². The zero-order chi connectivity index (χ0) is 13.8. The van der Waals surface area contributed by atoms with Crippen molar-refractivity contribution in [3.05, 3.63) is 23.4 Å². The van der Waals surface area contributed by atoms with Gasteiger partial charge in [0.25, 0.3) is 0 Å². The molecule has 1 aliphatic heterocycles. The Labute approximate surface area is 115 Å². The Bertz CT molecular complexity index is 470. The lowest BCUT2D eigenvalue weighted by Crippen LogP contribution is -2.45. The van der Waals surface area contributed by atoms with Crippen LogP contribution in [0.3, 0.4) is 0 Å². The van der Waals surface area contributed by atoms with Crippen LogP contribution in [0.1, 0.15) is 12.8 Å². The van der Waals surface area contributed by atoms with Gasteiger partial charge in [-0.15, -0.1) is 0 Å². The molecule has 2 amide bonds. The SMILES string of the molecule is O=C(Nc1ccc(Cl)cn1)C(=O)N1CCC(O)CC1. The first kappa shape index (κ1) is 13.8. The quantitative estimate of drug-likeness (QED) is 0.742. The topological polar surface area (TPSA) is 82.5 Å². The third-order valence-electron chi connectivity index (χ3n) is 2.91. The highest BCUT2D eigenvalue weighted by molar-refractivity contribution is 6.39. The van der Waals surface area contributed by atoms with Crippen molar-refractivity contribution in [2.75, 3.05) is 18.4 Å². The molecule has 1 aromatic rings. The molecule has 0 bridgehead atoms. The zero-order valence-electron chi connectivity index (χ0n) is 10.2. The van der Waals surface area contributed by atoms with E-state index < -0.39 is 11.8 Å². The number of carbonyl (C=O) groups excluding carboxylic acids is 2. The molecule has 6 nitrogen and oxygen atoms in total. The van der Waals surface area contributed by atoms with Crippen LogP contribution in [0.15, 0.2) is 18.3 Å². The number of rotatable bonds is 1. The molecule has 19 heavy (non-hydrogen) atoms. The van der Waals surface area contributed by atoms with Gasteiger partial charge in [-0.2, -0.15) is 0 Å². The van der Waals surface area contributed by atoms with Crippen LogP contribution in [-0.2, 0) is 9.59 Å². The summed E-state index contributed by atoms with van der Waals surface area (Å²) in [5.41, 5.74) is 0. The largest absolute Gasteiger partial charge is 0.393 e. The highest BCUT2D eigenvalue weighted by atomic mass is 35.5. The summed E-state index contributed by atoms with van der Waals surface area (Å²) in [6.07, 6.45) is 2.00. The molecule has 1 aromatic heterocycles. The van der Waals surface area contributed by atoms with Crippen molar-refractivity contribution in [3.8, 4) is 0 Å². The van der Waals surface area contributed by atoms with Crippen molar-refractivity contribution >= 4 is 29.2 Å². The fourth-order valence-electron chi connectivity index (χ4n) is 1.83. The summed E-state index contributed by atoms with van der Waals surface area (Å²) in [6, 6.07) is 3.10. The van der Waals surface area contributed by atoms with Crippen LogP contribution in [0.2, 0.25) is 5.02 Å². The average molecular weight is 284 g/mol. The van der Waals surface area contributed by atoms with Crippen LogP contribution in [0.4, 0.5) is 5.82 Å². The number of hydrogen-bond donors (Lipinski definition) is 2. The van der Waals surface area contributed by atoms with Crippen LogP contribution in [0, 0.1) is 0 Å². The maximum atomic E-state index is 11.9. The molecule has 1 aliphatic rings. The van der Waals surface area contributed by atoms with E-state index in [0.717, 1.165) is 0 Å². The molecule has 102 valence electrons. The summed E-state index contributed by atoms with van der Waals surface area (Å²) < 4.78 is 0. The van der Waals surface area contributed by atoms with Crippen molar-refractivity contribution in [2.45, 2.75) is 18.9 Å². The number of aliphatic hydroxyl groups excluding tert-OH is 1. The normalized spacial score (nSPS) is 16.2. The number of nitrogens with one attached hydrogen (secondary N) is 1. The molecule has 1 fully saturated rings. The number of pyridine rings is 1. The second kappa shape index (κ2) is 5.99. The molecule has 0 saturated carbocycles. The summed E-state index contributed by atoms with van der Waals surface area (Å²) in [5, 5.41) is 12.2. The standard InChI is InChI=1S/C12H14ClN3O3/c13-8-1-2-10(14-7-8)15-11(18)12(19)16-5-3-9(17)4-6-16/h1-2,7,9,17H,3-6H2,(H,14,15,18). The number of carbonyl (C=O) groups is 2. The van der Waals surface area contributed by atoms with Gasteiger partial charge in [-0.25, -0.2) is 4.98 Å². The molecule has 0 spiro atoms. The molecule has 7 heteroatoms. The maximum absolute atomic E-state index is 11.9. The molecule has 0 aromatic carbocycles. The highest BCUT2D eigenvalue weighted by Gasteiger charge is 2.26. The minimum absolute atomic E-state index is 0.278. The number of likely N-dealkylation sites (tertiary alicyclic amines) is 1. The predicted molar refractivity (Wildman–Crippen MR) is 69.7 cm³/mol. The number of halogens is 1. The molecule has 0 atom stereocenters. The number of nitrogens with zero attached hydrogens (tertiary/aromatic N) is 2. The monoisotopic (exact) mass is 283 g/mol. The molecular weight excluding hydrogens is 270 g/mol. The van der Waals surface area contributed by atoms with E-state index in [-0.39, 0.29) is 11.9 Å². The van der Waals surface area contributed by atoms with Gasteiger partial charge < -0.3 is 15.3 Å². The minimum atomic E-state index is -0.730. The Morgan fingerprint density at radius 2 is 2.05 bits per heavy atom. The predicted octanol–water partition coefficient (Wildman–Crippen LogP) is 0.657. The third kappa shape index (κ3) is 3.65. The van der Waals surface area contributed by atoms with E-state index in [1.807, 2.05) is 0 Å². The molecule has 0 radical (unpaired) electrons. The zero-order valence-corrected chi connectivity index (χ0v) is 10.9. The molecule has 2 rings (SSSR count). The molecule has 0 unspecified atom stereocenters. The van der Waals surface area contributed by atoms with Crippen molar-refractivity contribution < 1.29 is 14.7 Å². The van der Waals surface area contributed by atoms with Crippen LogP contribution in [-0.4, -0.2) is 46.0 Å². The number of amides is 2. The number of piperidine rings is 1. The summed E-state index contributed by atoms with van der Waals surface area (Å²) in [5.74, 6) is -1.06. The Balaban J connectivity index is 1.92. The van der Waals surface area contributed by atoms with Gasteiger partial charge in [0.15, 0.2) is 0 Å². The van der Waals surface area contributed by atoms with Crippen LogP contribution in [0.25, 0.3) is 0 Å². The molecule has 2 heterocycles. The number of aliphatic hydroxyl groups is 1. The third-order valence-corrected chi connectivity index (χ3v) is 3.14. The number of aromatic nitrogens is 1. The summed E-state index contributed by atoms with van der Waals surface area (Å²) in [6.45, 7) is 0.781. The van der Waals surface area contributed by atoms with E-state index >= 15 is 0 Å². The van der Waals surface area contributed by atoms with Gasteiger partial charge in [-0.05, 0) is 25.0 Å². The Morgan fingerprint density at radius 3 is 2.63 bits per heavy atom. The van der Waals surface area contributed by atoms with Crippen molar-refractivity contribution in [1.82, 2.24) is 9.88 Å². The van der Waals surface area contributed by atoms with E-state index in [1.54, 1.807) is 6.07 Å². The number of hydrogen-bond acceptors (Lipinski definition) is 4. The van der Waals surface area contributed by atoms with E-state index in [4.69, 9.17) is 11.6 Å². The first-order valence-electron chi connectivity index (χ1n) is 5.96. The fourth-order valence-corrected chi connectivity index (χ4v) is 1.94. The Kier molecular flexibility index (Phi) is 4.34. The lowest BCUT2D eigenvalue weighted by Gasteiger charge is -2.28. The van der Waals surface area contributed by atoms with Gasteiger partial charge in [0, 0.05) is 19.3 Å². The second-order valence-corrected chi connectivity index (χ2v) is 4.78. The first-order valence-corrected chi connectivity index (χ1v) is 6.34. The van der Waals surface area contributed by atoms with Crippen LogP contribution < -0.4 is 5.32 Å². The summed E-state index contributed by atoms with van der Waals surface area (Å²) in [7, 11) is 0. The van der Waals surface area contributed by atoms with E-state index in [1.165, 1.54) is 17.2 Å². The second-order valence-electron chi connectivity index (χ2n) is 4.34. The lowest BCUT2D eigenvalue weighted by molar-refractivity contribution is -0.144. The summed E-state index contributed by atoms with van der Waals surface area (Å²) in [4.78, 5) is 28.9. The van der Waals surface area contributed by atoms with Crippen LogP contribution >= 0.6 is 11.6 Å². The first-order chi connectivity index (χ1) is 9.06. The average Bonchev–Trinajstić information content (AvgIpc) is 2.41. The van der Waals surface area contributed by atoms with Gasteiger partial charge >= 0.3 is 11.8 Å². The van der Waals surface area contributed by atoms with Crippen molar-refractivity contribution in [1.29, 1.82) is 0 Å². The number of anilines is 1. The van der Waals surface area contributed by atoms with E-state index in [0.29, 0.717) is 31.0 Å². The van der Waals surface area contributed by atoms with Gasteiger partial charge in [0.2, 0.25) is 0 Å². The van der Waals surface area contributed by atoms with Gasteiger partial charge in [0.05, 0.1) is 11.1 Å². The smallest absolute Gasteiger partial charge is 0.315 e. The Morgan fingerprint density at radius 1 is 1.37 bits per heavy atom. The minimum Gasteiger partial charge on any atom is -0.393 e. The molecule has 1 saturated heterocycles. The van der Waals surface area contributed by atoms with Gasteiger partial charge in [0.1, 0.15) is 5.82 Å². The highest BCUT2D eigenvalue weighted by Crippen LogP contribution is 2.12. The van der Waals surface area contributed by atoms with Crippen LogP contribution in [0.5, 0.6) is 0 Å². The van der Waals surface area contributed by atoms with Gasteiger partial charge in [-0.3, -0.25) is 9.59 Å². The van der Waals surface area contributed by atoms with E-state index in [2.05, 4.69) is 10.3 Å². The van der Waals surface area contributed by atoms with Crippen molar-refractivity contribution in [3.63, 3.8) is 0 Å². The van der Waals surface area contributed by atoms with Gasteiger partial charge in [-0.1, -0.05) is 11.6 Å². The maximum Gasteiger partial charge on any atom is 0.315 e.